The molecule has 0 spiro atoms. The molecule has 2 aliphatic rings. The zero-order valence-corrected chi connectivity index (χ0v) is 16.9. The fourth-order valence-corrected chi connectivity index (χ4v) is 3.94. The van der Waals surface area contributed by atoms with Crippen molar-refractivity contribution in [2.75, 3.05) is 20.2 Å². The normalized spacial score (nSPS) is 25.0. The van der Waals surface area contributed by atoms with E-state index >= 15 is 0 Å². The first-order valence-electron chi connectivity index (χ1n) is 9.90. The second-order valence-electron chi connectivity index (χ2n) is 7.93. The molecule has 2 fully saturated rings. The minimum Gasteiger partial charge on any atom is -0.497 e. The molecule has 4 amide bonds. The molecule has 2 heterocycles. The number of ether oxygens (including phenoxy) is 1. The lowest BCUT2D eigenvalue weighted by molar-refractivity contribution is -0.140. The standard InChI is InChI=1S/C21H29N3O4/c1-15-6-4-5-13-23(15)18(25)14-24-19(26)21(2,22-20(24)27)12-11-16-7-9-17(28-3)10-8-16/h7-10,15H,4-6,11-14H2,1-3H3,(H,22,27)/t15-,21-/m1/s1. The molecular formula is C21H29N3O4. The average Bonchev–Trinajstić information content (AvgIpc) is 2.90. The van der Waals surface area contributed by atoms with Gasteiger partial charge in [-0.3, -0.25) is 14.5 Å². The number of methoxy groups -OCH3 is 1. The van der Waals surface area contributed by atoms with Gasteiger partial charge in [0.05, 0.1) is 7.11 Å². The first-order chi connectivity index (χ1) is 13.3. The van der Waals surface area contributed by atoms with Crippen LogP contribution in [0.3, 0.4) is 0 Å². The zero-order chi connectivity index (χ0) is 20.3. The molecule has 0 bridgehead atoms. The Morgan fingerprint density at radius 2 is 1.96 bits per heavy atom. The molecule has 1 aromatic carbocycles. The molecule has 0 unspecified atom stereocenters. The number of carbonyl (C=O) groups is 3. The van der Waals surface area contributed by atoms with Crippen molar-refractivity contribution in [2.45, 2.75) is 57.5 Å². The number of aryl methyl sites for hydroxylation is 1. The Labute approximate surface area is 166 Å². The van der Waals surface area contributed by atoms with Crippen LogP contribution >= 0.6 is 0 Å². The molecule has 152 valence electrons. The van der Waals surface area contributed by atoms with E-state index in [4.69, 9.17) is 4.74 Å². The van der Waals surface area contributed by atoms with Crippen LogP contribution in [0.25, 0.3) is 0 Å². The maximum atomic E-state index is 12.9. The molecule has 0 aromatic heterocycles. The summed E-state index contributed by atoms with van der Waals surface area (Å²) in [6.45, 7) is 4.25. The fourth-order valence-electron chi connectivity index (χ4n) is 3.94. The van der Waals surface area contributed by atoms with Gasteiger partial charge in [0.2, 0.25) is 5.91 Å². The third-order valence-electron chi connectivity index (χ3n) is 5.83. The predicted octanol–water partition coefficient (Wildman–Crippen LogP) is 2.34. The first-order valence-corrected chi connectivity index (χ1v) is 9.90. The third kappa shape index (κ3) is 4.13. The van der Waals surface area contributed by atoms with Crippen molar-refractivity contribution in [2.24, 2.45) is 0 Å². The lowest BCUT2D eigenvalue weighted by atomic mass is 9.93. The van der Waals surface area contributed by atoms with Crippen LogP contribution in [-0.4, -0.2) is 59.4 Å². The summed E-state index contributed by atoms with van der Waals surface area (Å²) < 4.78 is 5.15. The number of carbonyl (C=O) groups excluding carboxylic acids is 3. The number of imide groups is 1. The van der Waals surface area contributed by atoms with Gasteiger partial charge in [0.15, 0.2) is 0 Å². The van der Waals surface area contributed by atoms with Gasteiger partial charge in [-0.05, 0) is 63.6 Å². The molecule has 0 saturated carbocycles. The van der Waals surface area contributed by atoms with E-state index in [0.29, 0.717) is 19.4 Å². The molecule has 1 N–H and O–H groups in total. The molecular weight excluding hydrogens is 358 g/mol. The van der Waals surface area contributed by atoms with Crippen molar-refractivity contribution in [3.05, 3.63) is 29.8 Å². The average molecular weight is 387 g/mol. The summed E-state index contributed by atoms with van der Waals surface area (Å²) >= 11 is 0. The van der Waals surface area contributed by atoms with Crippen molar-refractivity contribution >= 4 is 17.8 Å². The Morgan fingerprint density at radius 1 is 1.25 bits per heavy atom. The third-order valence-corrected chi connectivity index (χ3v) is 5.83. The van der Waals surface area contributed by atoms with Crippen LogP contribution in [0.5, 0.6) is 5.75 Å². The Morgan fingerprint density at radius 3 is 2.61 bits per heavy atom. The van der Waals surface area contributed by atoms with Crippen LogP contribution in [-0.2, 0) is 16.0 Å². The quantitative estimate of drug-likeness (QED) is 0.760. The summed E-state index contributed by atoms with van der Waals surface area (Å²) in [5.41, 5.74) is 0.0610. The van der Waals surface area contributed by atoms with E-state index in [9.17, 15) is 14.4 Å². The van der Waals surface area contributed by atoms with Gasteiger partial charge < -0.3 is 15.0 Å². The highest BCUT2D eigenvalue weighted by Crippen LogP contribution is 2.25. The van der Waals surface area contributed by atoms with E-state index in [-0.39, 0.29) is 24.4 Å². The lowest BCUT2D eigenvalue weighted by Gasteiger charge is -2.34. The van der Waals surface area contributed by atoms with E-state index in [1.807, 2.05) is 31.2 Å². The van der Waals surface area contributed by atoms with Gasteiger partial charge in [-0.15, -0.1) is 0 Å². The Kier molecular flexibility index (Phi) is 5.91. The summed E-state index contributed by atoms with van der Waals surface area (Å²) in [5.74, 6) is 0.288. The highest BCUT2D eigenvalue weighted by atomic mass is 16.5. The maximum absolute atomic E-state index is 12.9. The van der Waals surface area contributed by atoms with Crippen molar-refractivity contribution < 1.29 is 19.1 Å². The zero-order valence-electron chi connectivity index (χ0n) is 16.9. The Bertz CT molecular complexity index is 749. The smallest absolute Gasteiger partial charge is 0.325 e. The number of hydrogen-bond acceptors (Lipinski definition) is 4. The summed E-state index contributed by atoms with van der Waals surface area (Å²) in [4.78, 5) is 40.8. The molecule has 2 aliphatic heterocycles. The number of nitrogens with zero attached hydrogens (tertiary/aromatic N) is 2. The van der Waals surface area contributed by atoms with Gasteiger partial charge in [0.25, 0.3) is 5.91 Å². The highest BCUT2D eigenvalue weighted by Gasteiger charge is 2.48. The van der Waals surface area contributed by atoms with Gasteiger partial charge in [-0.25, -0.2) is 4.79 Å². The molecule has 0 radical (unpaired) electrons. The summed E-state index contributed by atoms with van der Waals surface area (Å²) in [6.07, 6.45) is 4.14. The number of piperidine rings is 1. The summed E-state index contributed by atoms with van der Waals surface area (Å²) in [5, 5.41) is 2.78. The summed E-state index contributed by atoms with van der Waals surface area (Å²) in [6, 6.07) is 7.31. The maximum Gasteiger partial charge on any atom is 0.325 e. The fraction of sp³-hybridized carbons (Fsp3) is 0.571. The first kappa shape index (κ1) is 20.2. The van der Waals surface area contributed by atoms with Gasteiger partial charge in [-0.1, -0.05) is 12.1 Å². The minimum absolute atomic E-state index is 0.156. The van der Waals surface area contributed by atoms with Crippen molar-refractivity contribution in [1.82, 2.24) is 15.1 Å². The molecule has 7 nitrogen and oxygen atoms in total. The minimum atomic E-state index is -0.995. The van der Waals surface area contributed by atoms with Gasteiger partial charge in [0.1, 0.15) is 17.8 Å². The van der Waals surface area contributed by atoms with Crippen LogP contribution < -0.4 is 10.1 Å². The van der Waals surface area contributed by atoms with Crippen LogP contribution in [0.1, 0.15) is 45.1 Å². The van der Waals surface area contributed by atoms with Gasteiger partial charge in [0, 0.05) is 12.6 Å². The topological polar surface area (TPSA) is 79.0 Å². The Balaban J connectivity index is 1.61. The van der Waals surface area contributed by atoms with E-state index in [2.05, 4.69) is 5.32 Å². The number of hydrogen-bond donors (Lipinski definition) is 1. The van der Waals surface area contributed by atoms with E-state index in [1.54, 1.807) is 18.9 Å². The van der Waals surface area contributed by atoms with Crippen molar-refractivity contribution in [1.29, 1.82) is 0 Å². The van der Waals surface area contributed by atoms with Crippen LogP contribution in [0, 0.1) is 0 Å². The second-order valence-corrected chi connectivity index (χ2v) is 7.93. The molecule has 28 heavy (non-hydrogen) atoms. The molecule has 2 saturated heterocycles. The van der Waals surface area contributed by atoms with Crippen LogP contribution in [0.15, 0.2) is 24.3 Å². The number of likely N-dealkylation sites (tertiary alicyclic amines) is 1. The molecule has 7 heteroatoms. The second kappa shape index (κ2) is 8.20. The van der Waals surface area contributed by atoms with E-state index in [1.165, 1.54) is 0 Å². The Hall–Kier alpha value is -2.57. The molecule has 2 atom stereocenters. The monoisotopic (exact) mass is 387 g/mol. The summed E-state index contributed by atoms with van der Waals surface area (Å²) in [7, 11) is 1.61. The van der Waals surface area contributed by atoms with Gasteiger partial charge >= 0.3 is 6.03 Å². The number of nitrogens with one attached hydrogen (secondary N) is 1. The largest absolute Gasteiger partial charge is 0.497 e. The molecule has 3 rings (SSSR count). The molecule has 0 aliphatic carbocycles. The lowest BCUT2D eigenvalue weighted by Crippen LogP contribution is -2.49. The predicted molar refractivity (Wildman–Crippen MR) is 105 cm³/mol. The number of urea groups is 1. The van der Waals surface area contributed by atoms with Crippen molar-refractivity contribution in [3.8, 4) is 5.75 Å². The van der Waals surface area contributed by atoms with E-state index < -0.39 is 11.6 Å². The van der Waals surface area contributed by atoms with Crippen LogP contribution in [0.2, 0.25) is 0 Å². The van der Waals surface area contributed by atoms with E-state index in [0.717, 1.165) is 35.5 Å². The number of rotatable bonds is 6. The number of benzene rings is 1. The van der Waals surface area contributed by atoms with Gasteiger partial charge in [-0.2, -0.15) is 0 Å². The van der Waals surface area contributed by atoms with Crippen LogP contribution in [0.4, 0.5) is 4.79 Å². The number of amides is 4. The highest BCUT2D eigenvalue weighted by molar-refractivity contribution is 6.08. The van der Waals surface area contributed by atoms with Crippen molar-refractivity contribution in [3.63, 3.8) is 0 Å². The SMILES string of the molecule is COc1ccc(CC[C@@]2(C)NC(=O)N(CC(=O)N3CCCC[C@H]3C)C2=O)cc1. The molecule has 1 aromatic rings.